The third-order valence-corrected chi connectivity index (χ3v) is 4.88. The smallest absolute Gasteiger partial charge is 0.268 e. The Morgan fingerprint density at radius 2 is 2.23 bits per heavy atom. The van der Waals surface area contributed by atoms with Crippen LogP contribution in [0.25, 0.3) is 10.2 Å². The lowest BCUT2D eigenvalue weighted by Crippen LogP contribution is -2.43. The first kappa shape index (κ1) is 13.5. The molecule has 0 aliphatic carbocycles. The minimum absolute atomic E-state index is 0.0652. The van der Waals surface area contributed by atoms with Gasteiger partial charge in [-0.15, -0.1) is 11.3 Å². The number of hydrogen-bond donors (Lipinski definition) is 2. The van der Waals surface area contributed by atoms with Crippen LogP contribution in [0.15, 0.2) is 40.5 Å². The Labute approximate surface area is 131 Å². The van der Waals surface area contributed by atoms with Crippen LogP contribution in [-0.4, -0.2) is 22.6 Å². The molecule has 0 fully saturated rings. The van der Waals surface area contributed by atoms with Crippen molar-refractivity contribution >= 4 is 27.2 Å². The Morgan fingerprint density at radius 1 is 1.36 bits per heavy atom. The van der Waals surface area contributed by atoms with Crippen molar-refractivity contribution < 1.29 is 0 Å². The molecule has 1 atom stereocenters. The molecular weight excluding hydrogens is 296 g/mol. The summed E-state index contributed by atoms with van der Waals surface area (Å²) in [5.74, 6) is 0.680. The van der Waals surface area contributed by atoms with Gasteiger partial charge in [-0.1, -0.05) is 18.2 Å². The van der Waals surface area contributed by atoms with E-state index in [2.05, 4.69) is 27.0 Å². The Bertz CT molecular complexity index is 885. The Balaban J connectivity index is 1.71. The second-order valence-electron chi connectivity index (χ2n) is 5.62. The zero-order chi connectivity index (χ0) is 15.1. The molecule has 0 saturated heterocycles. The lowest BCUT2D eigenvalue weighted by molar-refractivity contribution is 0.591. The van der Waals surface area contributed by atoms with E-state index in [-0.39, 0.29) is 11.6 Å². The first-order valence-electron chi connectivity index (χ1n) is 7.25. The highest BCUT2D eigenvalue weighted by atomic mass is 32.1. The van der Waals surface area contributed by atoms with E-state index in [1.807, 2.05) is 23.6 Å². The highest BCUT2D eigenvalue weighted by molar-refractivity contribution is 7.17. The minimum Gasteiger partial charge on any atom is -0.362 e. The van der Waals surface area contributed by atoms with Crippen molar-refractivity contribution in [2.24, 2.45) is 5.73 Å². The second-order valence-corrected chi connectivity index (χ2v) is 6.54. The quantitative estimate of drug-likeness (QED) is 0.757. The summed E-state index contributed by atoms with van der Waals surface area (Å²) in [5, 5.41) is 1.89. The first-order valence-corrected chi connectivity index (χ1v) is 8.13. The van der Waals surface area contributed by atoms with Gasteiger partial charge in [-0.3, -0.25) is 4.79 Å². The third-order valence-electron chi connectivity index (χ3n) is 3.97. The molecule has 1 aliphatic rings. The highest BCUT2D eigenvalue weighted by Crippen LogP contribution is 2.27. The number of nitrogens with one attached hydrogen (secondary N) is 1. The van der Waals surface area contributed by atoms with Crippen molar-refractivity contribution in [3.63, 3.8) is 0 Å². The standard InChI is InChI=1S/C16H16N4OS/c17-11-7-10-3-1-2-4-13(10)20(8-11)9-14-18-12-5-6-22-15(12)16(21)19-14/h1-6,11H,7-9,17H2,(H,18,19,21). The van der Waals surface area contributed by atoms with E-state index in [4.69, 9.17) is 5.73 Å². The zero-order valence-electron chi connectivity index (χ0n) is 12.0. The normalized spacial score (nSPS) is 17.7. The molecule has 112 valence electrons. The number of anilines is 1. The fraction of sp³-hybridized carbons (Fsp3) is 0.250. The monoisotopic (exact) mass is 312 g/mol. The number of aromatic amines is 1. The van der Waals surface area contributed by atoms with E-state index in [0.29, 0.717) is 17.1 Å². The summed E-state index contributed by atoms with van der Waals surface area (Å²) in [6, 6.07) is 10.3. The van der Waals surface area contributed by atoms with Crippen molar-refractivity contribution in [2.45, 2.75) is 19.0 Å². The number of thiophene rings is 1. The lowest BCUT2D eigenvalue weighted by atomic mass is 9.98. The predicted molar refractivity (Wildman–Crippen MR) is 89.4 cm³/mol. The Kier molecular flexibility index (Phi) is 3.20. The van der Waals surface area contributed by atoms with Gasteiger partial charge in [0.05, 0.1) is 12.1 Å². The van der Waals surface area contributed by atoms with E-state index >= 15 is 0 Å². The van der Waals surface area contributed by atoms with Gasteiger partial charge >= 0.3 is 0 Å². The van der Waals surface area contributed by atoms with E-state index in [0.717, 1.165) is 18.5 Å². The number of para-hydroxylation sites is 1. The maximum absolute atomic E-state index is 12.1. The van der Waals surface area contributed by atoms with Crippen molar-refractivity contribution in [3.8, 4) is 0 Å². The number of aromatic nitrogens is 2. The van der Waals surface area contributed by atoms with E-state index in [1.54, 1.807) is 0 Å². The number of nitrogens with zero attached hydrogens (tertiary/aromatic N) is 2. The Hall–Kier alpha value is -2.18. The number of hydrogen-bond acceptors (Lipinski definition) is 5. The summed E-state index contributed by atoms with van der Waals surface area (Å²) in [6.07, 6.45) is 0.889. The number of fused-ring (bicyclic) bond motifs is 2. The average molecular weight is 312 g/mol. The fourth-order valence-electron chi connectivity index (χ4n) is 3.05. The van der Waals surface area contributed by atoms with Crippen LogP contribution in [0.5, 0.6) is 0 Å². The minimum atomic E-state index is -0.0652. The largest absolute Gasteiger partial charge is 0.362 e. The van der Waals surface area contributed by atoms with Crippen LogP contribution >= 0.6 is 11.3 Å². The van der Waals surface area contributed by atoms with Gasteiger partial charge < -0.3 is 15.6 Å². The van der Waals surface area contributed by atoms with Gasteiger partial charge in [0.2, 0.25) is 0 Å². The molecule has 3 aromatic rings. The number of nitrogens with two attached hydrogens (primary N) is 1. The Morgan fingerprint density at radius 3 is 3.14 bits per heavy atom. The number of benzene rings is 1. The van der Waals surface area contributed by atoms with Gasteiger partial charge in [-0.25, -0.2) is 4.98 Å². The molecule has 0 saturated carbocycles. The van der Waals surface area contributed by atoms with Crippen molar-refractivity contribution in [1.82, 2.24) is 9.97 Å². The van der Waals surface area contributed by atoms with Crippen molar-refractivity contribution in [1.29, 1.82) is 0 Å². The van der Waals surface area contributed by atoms with Crippen LogP contribution in [0.4, 0.5) is 5.69 Å². The number of H-pyrrole nitrogens is 1. The molecule has 1 aromatic carbocycles. The van der Waals surface area contributed by atoms with Gasteiger partial charge in [0.15, 0.2) is 0 Å². The zero-order valence-corrected chi connectivity index (χ0v) is 12.8. The van der Waals surface area contributed by atoms with Crippen molar-refractivity contribution in [3.05, 3.63) is 57.5 Å². The molecule has 5 nitrogen and oxygen atoms in total. The average Bonchev–Trinajstić information content (AvgIpc) is 2.96. The summed E-state index contributed by atoms with van der Waals surface area (Å²) in [7, 11) is 0. The molecule has 3 N–H and O–H groups in total. The molecule has 3 heterocycles. The molecule has 0 spiro atoms. The second kappa shape index (κ2) is 5.23. The van der Waals surface area contributed by atoms with E-state index < -0.39 is 0 Å². The number of rotatable bonds is 2. The molecule has 6 heteroatoms. The molecule has 1 aliphatic heterocycles. The van der Waals surface area contributed by atoms with Crippen LogP contribution in [0, 0.1) is 0 Å². The van der Waals surface area contributed by atoms with Gasteiger partial charge in [0, 0.05) is 18.3 Å². The van der Waals surface area contributed by atoms with Crippen LogP contribution in [0.1, 0.15) is 11.4 Å². The molecule has 0 amide bonds. The van der Waals surface area contributed by atoms with E-state index in [9.17, 15) is 4.79 Å². The van der Waals surface area contributed by atoms with Crippen LogP contribution in [0.2, 0.25) is 0 Å². The SMILES string of the molecule is NC1Cc2ccccc2N(Cc2nc3ccsc3c(=O)[nH]2)C1. The van der Waals surface area contributed by atoms with E-state index in [1.165, 1.54) is 22.6 Å². The van der Waals surface area contributed by atoms with Crippen LogP contribution < -0.4 is 16.2 Å². The fourth-order valence-corrected chi connectivity index (χ4v) is 3.77. The molecule has 0 bridgehead atoms. The van der Waals surface area contributed by atoms with Crippen LogP contribution in [-0.2, 0) is 13.0 Å². The molecule has 0 radical (unpaired) electrons. The summed E-state index contributed by atoms with van der Waals surface area (Å²) >= 11 is 1.42. The maximum atomic E-state index is 12.1. The van der Waals surface area contributed by atoms with Gasteiger partial charge in [0.25, 0.3) is 5.56 Å². The van der Waals surface area contributed by atoms with Crippen LogP contribution in [0.3, 0.4) is 0 Å². The topological polar surface area (TPSA) is 75.0 Å². The third kappa shape index (κ3) is 2.30. The summed E-state index contributed by atoms with van der Waals surface area (Å²) in [4.78, 5) is 21.7. The van der Waals surface area contributed by atoms with Crippen molar-refractivity contribution in [2.75, 3.05) is 11.4 Å². The first-order chi connectivity index (χ1) is 10.7. The molecule has 2 aromatic heterocycles. The predicted octanol–water partition coefficient (Wildman–Crippen LogP) is 1.87. The van der Waals surface area contributed by atoms with Gasteiger partial charge in [0.1, 0.15) is 10.5 Å². The summed E-state index contributed by atoms with van der Waals surface area (Å²) in [6.45, 7) is 1.33. The van der Waals surface area contributed by atoms with Gasteiger partial charge in [-0.2, -0.15) is 0 Å². The lowest BCUT2D eigenvalue weighted by Gasteiger charge is -2.34. The molecular formula is C16H16N4OS. The van der Waals surface area contributed by atoms with Gasteiger partial charge in [-0.05, 0) is 29.5 Å². The summed E-state index contributed by atoms with van der Waals surface area (Å²) in [5.41, 5.74) is 9.29. The summed E-state index contributed by atoms with van der Waals surface area (Å²) < 4.78 is 0.680. The molecule has 22 heavy (non-hydrogen) atoms. The molecule has 4 rings (SSSR count). The maximum Gasteiger partial charge on any atom is 0.268 e. The highest BCUT2D eigenvalue weighted by Gasteiger charge is 2.22. The molecule has 1 unspecified atom stereocenters.